The van der Waals surface area contributed by atoms with Gasteiger partial charge in [-0.1, -0.05) is 12.8 Å². The predicted octanol–water partition coefficient (Wildman–Crippen LogP) is 1.57. The topological polar surface area (TPSA) is 87.6 Å². The number of hydrogen-bond acceptors (Lipinski definition) is 4. The number of carbonyl (C=O) groups is 3. The third kappa shape index (κ3) is 2.30. The van der Waals surface area contributed by atoms with E-state index in [2.05, 4.69) is 4.98 Å². The van der Waals surface area contributed by atoms with Crippen molar-refractivity contribution in [2.75, 3.05) is 6.54 Å². The minimum atomic E-state index is -0.835. The second-order valence-electron chi connectivity index (χ2n) is 5.63. The van der Waals surface area contributed by atoms with E-state index in [1.165, 1.54) is 23.4 Å². The molecule has 2 amide bonds. The summed E-state index contributed by atoms with van der Waals surface area (Å²) in [6, 6.07) is 1.53. The zero-order valence-corrected chi connectivity index (χ0v) is 11.5. The molecule has 1 aromatic rings. The summed E-state index contributed by atoms with van der Waals surface area (Å²) in [4.78, 5) is 40.9. The first kappa shape index (κ1) is 13.7. The summed E-state index contributed by atoms with van der Waals surface area (Å²) in [6.07, 6.45) is 6.06. The average molecular weight is 288 g/mol. The molecule has 1 fully saturated rings. The molecular formula is C15H16N2O4. The van der Waals surface area contributed by atoms with Gasteiger partial charge in [-0.25, -0.2) is 0 Å². The predicted molar refractivity (Wildman–Crippen MR) is 72.7 cm³/mol. The highest BCUT2D eigenvalue weighted by atomic mass is 16.4. The number of rotatable bonds is 3. The number of nitrogens with zero attached hydrogens (tertiary/aromatic N) is 2. The molecule has 2 atom stereocenters. The molecule has 0 radical (unpaired) electrons. The van der Waals surface area contributed by atoms with E-state index in [1.807, 2.05) is 0 Å². The highest BCUT2D eigenvalue weighted by molar-refractivity contribution is 6.21. The fourth-order valence-corrected chi connectivity index (χ4v) is 3.29. The van der Waals surface area contributed by atoms with Crippen LogP contribution in [0.25, 0.3) is 0 Å². The van der Waals surface area contributed by atoms with Crippen molar-refractivity contribution in [3.05, 3.63) is 29.6 Å². The van der Waals surface area contributed by atoms with Gasteiger partial charge in [0.1, 0.15) is 0 Å². The third-order valence-corrected chi connectivity index (χ3v) is 4.42. The van der Waals surface area contributed by atoms with E-state index in [9.17, 15) is 19.5 Å². The number of imide groups is 1. The lowest BCUT2D eigenvalue weighted by Crippen LogP contribution is -2.40. The zero-order valence-electron chi connectivity index (χ0n) is 11.5. The Hall–Kier alpha value is -2.24. The number of aromatic nitrogens is 1. The summed E-state index contributed by atoms with van der Waals surface area (Å²) in [5.74, 6) is -2.17. The van der Waals surface area contributed by atoms with Crippen molar-refractivity contribution < 1.29 is 19.5 Å². The molecule has 3 rings (SSSR count). The van der Waals surface area contributed by atoms with Gasteiger partial charge in [-0.15, -0.1) is 0 Å². The molecule has 1 N–H and O–H groups in total. The second-order valence-corrected chi connectivity index (χ2v) is 5.63. The lowest BCUT2D eigenvalue weighted by atomic mass is 9.79. The summed E-state index contributed by atoms with van der Waals surface area (Å²) < 4.78 is 0. The smallest absolute Gasteiger partial charge is 0.306 e. The van der Waals surface area contributed by atoms with E-state index >= 15 is 0 Å². The molecule has 110 valence electrons. The standard InChI is InChI=1S/C15H16N2O4/c18-13-11-5-6-16-7-12(11)14(19)17(13)8-9-3-1-2-4-10(9)15(20)21/h5-7,9-10H,1-4,8H2,(H,20,21). The Bertz CT molecular complexity index is 578. The Morgan fingerprint density at radius 2 is 1.95 bits per heavy atom. The van der Waals surface area contributed by atoms with Crippen LogP contribution in [-0.2, 0) is 4.79 Å². The van der Waals surface area contributed by atoms with Gasteiger partial charge in [-0.05, 0) is 24.8 Å². The van der Waals surface area contributed by atoms with Crippen molar-refractivity contribution in [2.45, 2.75) is 25.7 Å². The zero-order chi connectivity index (χ0) is 15.0. The Morgan fingerprint density at radius 3 is 2.67 bits per heavy atom. The number of carboxylic acids is 1. The van der Waals surface area contributed by atoms with Gasteiger partial charge in [-0.2, -0.15) is 0 Å². The molecule has 0 bridgehead atoms. The number of carboxylic acid groups (broad SMARTS) is 1. The Balaban J connectivity index is 1.81. The van der Waals surface area contributed by atoms with Crippen LogP contribution in [0.2, 0.25) is 0 Å². The summed E-state index contributed by atoms with van der Waals surface area (Å²) >= 11 is 0. The number of carbonyl (C=O) groups excluding carboxylic acids is 2. The Morgan fingerprint density at radius 1 is 1.24 bits per heavy atom. The van der Waals surface area contributed by atoms with Gasteiger partial charge in [0, 0.05) is 18.9 Å². The number of aliphatic carboxylic acids is 1. The molecule has 2 unspecified atom stereocenters. The van der Waals surface area contributed by atoms with Crippen molar-refractivity contribution in [3.8, 4) is 0 Å². The second kappa shape index (κ2) is 5.27. The molecule has 2 aliphatic rings. The monoisotopic (exact) mass is 288 g/mol. The molecule has 1 aromatic heterocycles. The molecule has 2 heterocycles. The summed E-state index contributed by atoms with van der Waals surface area (Å²) in [6.45, 7) is 0.184. The van der Waals surface area contributed by atoms with Crippen LogP contribution < -0.4 is 0 Å². The van der Waals surface area contributed by atoms with Crippen LogP contribution in [0.4, 0.5) is 0 Å². The van der Waals surface area contributed by atoms with E-state index in [0.717, 1.165) is 19.3 Å². The Kier molecular flexibility index (Phi) is 3.45. The maximum atomic E-state index is 12.3. The minimum absolute atomic E-state index is 0.161. The van der Waals surface area contributed by atoms with Gasteiger partial charge in [-0.3, -0.25) is 24.3 Å². The average Bonchev–Trinajstić information content (AvgIpc) is 2.73. The molecular weight excluding hydrogens is 272 g/mol. The van der Waals surface area contributed by atoms with Crippen LogP contribution >= 0.6 is 0 Å². The third-order valence-electron chi connectivity index (χ3n) is 4.42. The summed E-state index contributed by atoms with van der Waals surface area (Å²) in [7, 11) is 0. The summed E-state index contributed by atoms with van der Waals surface area (Å²) in [5, 5.41) is 9.29. The van der Waals surface area contributed by atoms with Crippen LogP contribution in [0.5, 0.6) is 0 Å². The molecule has 0 saturated heterocycles. The van der Waals surface area contributed by atoms with E-state index in [4.69, 9.17) is 0 Å². The molecule has 1 aliphatic carbocycles. The Labute approximate surface area is 121 Å². The molecule has 21 heavy (non-hydrogen) atoms. The number of pyridine rings is 1. The molecule has 1 saturated carbocycles. The molecule has 6 heteroatoms. The molecule has 6 nitrogen and oxygen atoms in total. The van der Waals surface area contributed by atoms with Crippen LogP contribution in [0.1, 0.15) is 46.4 Å². The van der Waals surface area contributed by atoms with Gasteiger partial charge >= 0.3 is 5.97 Å². The van der Waals surface area contributed by atoms with Gasteiger partial charge in [0.05, 0.1) is 17.0 Å². The SMILES string of the molecule is O=C(O)C1CCCCC1CN1C(=O)c2ccncc2C1=O. The molecule has 0 spiro atoms. The van der Waals surface area contributed by atoms with Crippen molar-refractivity contribution in [1.82, 2.24) is 9.88 Å². The summed E-state index contributed by atoms with van der Waals surface area (Å²) in [5.41, 5.74) is 0.669. The normalized spacial score (nSPS) is 25.0. The quantitative estimate of drug-likeness (QED) is 0.853. The van der Waals surface area contributed by atoms with Crippen LogP contribution in [0, 0.1) is 11.8 Å². The van der Waals surface area contributed by atoms with Crippen LogP contribution in [0.15, 0.2) is 18.5 Å². The van der Waals surface area contributed by atoms with E-state index in [1.54, 1.807) is 0 Å². The largest absolute Gasteiger partial charge is 0.481 e. The highest BCUT2D eigenvalue weighted by Crippen LogP contribution is 2.33. The van der Waals surface area contributed by atoms with E-state index in [0.29, 0.717) is 17.5 Å². The first-order valence-corrected chi connectivity index (χ1v) is 7.12. The van der Waals surface area contributed by atoms with Gasteiger partial charge in [0.2, 0.25) is 0 Å². The number of amides is 2. The van der Waals surface area contributed by atoms with Crippen LogP contribution in [-0.4, -0.2) is 39.3 Å². The van der Waals surface area contributed by atoms with Crippen molar-refractivity contribution >= 4 is 17.8 Å². The van der Waals surface area contributed by atoms with Crippen molar-refractivity contribution in [3.63, 3.8) is 0 Å². The first-order chi connectivity index (χ1) is 10.1. The van der Waals surface area contributed by atoms with E-state index < -0.39 is 11.9 Å². The van der Waals surface area contributed by atoms with Crippen molar-refractivity contribution in [1.29, 1.82) is 0 Å². The molecule has 1 aliphatic heterocycles. The van der Waals surface area contributed by atoms with Crippen LogP contribution in [0.3, 0.4) is 0 Å². The van der Waals surface area contributed by atoms with Gasteiger partial charge in [0.15, 0.2) is 0 Å². The van der Waals surface area contributed by atoms with E-state index in [-0.39, 0.29) is 24.3 Å². The lowest BCUT2D eigenvalue weighted by molar-refractivity contribution is -0.145. The lowest BCUT2D eigenvalue weighted by Gasteiger charge is -2.31. The fraction of sp³-hybridized carbons (Fsp3) is 0.467. The maximum absolute atomic E-state index is 12.3. The minimum Gasteiger partial charge on any atom is -0.481 e. The number of hydrogen-bond donors (Lipinski definition) is 1. The molecule has 0 aromatic carbocycles. The van der Waals surface area contributed by atoms with Gasteiger partial charge < -0.3 is 5.11 Å². The number of fused-ring (bicyclic) bond motifs is 1. The first-order valence-electron chi connectivity index (χ1n) is 7.12. The van der Waals surface area contributed by atoms with Crippen molar-refractivity contribution in [2.24, 2.45) is 11.8 Å². The highest BCUT2D eigenvalue weighted by Gasteiger charge is 2.40. The maximum Gasteiger partial charge on any atom is 0.306 e. The van der Waals surface area contributed by atoms with Gasteiger partial charge in [0.25, 0.3) is 11.8 Å². The fourth-order valence-electron chi connectivity index (χ4n) is 3.29.